The maximum atomic E-state index is 13.3. The number of rotatable bonds is 4. The van der Waals surface area contributed by atoms with Crippen LogP contribution in [0.15, 0.2) is 24.3 Å². The van der Waals surface area contributed by atoms with Crippen LogP contribution in [0.3, 0.4) is 0 Å². The number of nitrogens with zero attached hydrogens (tertiary/aromatic N) is 1. The second kappa shape index (κ2) is 4.33. The number of H-pyrrole nitrogens is 1. The van der Waals surface area contributed by atoms with E-state index in [1.807, 2.05) is 6.07 Å². The van der Waals surface area contributed by atoms with Gasteiger partial charge in [-0.3, -0.25) is 5.10 Å². The van der Waals surface area contributed by atoms with E-state index in [0.29, 0.717) is 17.4 Å². The average molecular weight is 247 g/mol. The highest BCUT2D eigenvalue weighted by Gasteiger charge is 2.22. The fourth-order valence-electron chi connectivity index (χ4n) is 1.86. The molecule has 0 radical (unpaired) electrons. The van der Waals surface area contributed by atoms with E-state index < -0.39 is 0 Å². The molecule has 3 rings (SSSR count). The van der Waals surface area contributed by atoms with E-state index in [0.717, 1.165) is 11.5 Å². The minimum atomic E-state index is -0.294. The average Bonchev–Trinajstić information content (AvgIpc) is 3.05. The Hall–Kier alpha value is -2.04. The molecule has 0 spiro atoms. The highest BCUT2D eigenvalue weighted by molar-refractivity contribution is 5.69. The van der Waals surface area contributed by atoms with Crippen LogP contribution in [-0.2, 0) is 0 Å². The van der Waals surface area contributed by atoms with E-state index in [1.165, 1.54) is 25.0 Å². The van der Waals surface area contributed by atoms with Gasteiger partial charge in [-0.2, -0.15) is 5.10 Å². The molecule has 1 saturated carbocycles. The predicted molar refractivity (Wildman–Crippen MR) is 67.2 cm³/mol. The van der Waals surface area contributed by atoms with Crippen molar-refractivity contribution in [3.63, 3.8) is 0 Å². The summed E-state index contributed by atoms with van der Waals surface area (Å²) in [5.74, 6) is 1.12. The summed E-state index contributed by atoms with van der Waals surface area (Å²) in [5, 5.41) is 10.3. The summed E-state index contributed by atoms with van der Waals surface area (Å²) in [4.78, 5) is 0. The first-order chi connectivity index (χ1) is 8.76. The molecule has 0 bridgehead atoms. The number of benzene rings is 1. The van der Waals surface area contributed by atoms with Gasteiger partial charge in [-0.15, -0.1) is 0 Å². The Balaban J connectivity index is 1.92. The summed E-state index contributed by atoms with van der Waals surface area (Å²) in [6.45, 7) is 0. The van der Waals surface area contributed by atoms with Gasteiger partial charge >= 0.3 is 0 Å². The third-order valence-corrected chi connectivity index (χ3v) is 2.96. The standard InChI is InChI=1S/C13H14FN3O/c1-18-12-5-2-8(14)6-10(12)11-7-13(17-16-11)15-9-3-4-9/h2,5-7,9H,3-4H2,1H3,(H2,15,16,17). The molecule has 1 fully saturated rings. The Bertz CT molecular complexity index is 563. The maximum absolute atomic E-state index is 13.3. The van der Waals surface area contributed by atoms with Crippen LogP contribution in [-0.4, -0.2) is 23.3 Å². The van der Waals surface area contributed by atoms with E-state index in [4.69, 9.17) is 4.74 Å². The predicted octanol–water partition coefficient (Wildman–Crippen LogP) is 2.80. The molecule has 4 nitrogen and oxygen atoms in total. The molecule has 0 atom stereocenters. The lowest BCUT2D eigenvalue weighted by Crippen LogP contribution is -2.00. The molecule has 2 aromatic rings. The Morgan fingerprint density at radius 2 is 2.22 bits per heavy atom. The fourth-order valence-corrected chi connectivity index (χ4v) is 1.86. The monoisotopic (exact) mass is 247 g/mol. The van der Waals surface area contributed by atoms with Gasteiger partial charge in [-0.1, -0.05) is 0 Å². The molecule has 5 heteroatoms. The van der Waals surface area contributed by atoms with Crippen molar-refractivity contribution in [2.45, 2.75) is 18.9 Å². The largest absolute Gasteiger partial charge is 0.496 e. The van der Waals surface area contributed by atoms with Crippen molar-refractivity contribution in [3.05, 3.63) is 30.1 Å². The number of aromatic nitrogens is 2. The minimum Gasteiger partial charge on any atom is -0.496 e. The zero-order valence-corrected chi connectivity index (χ0v) is 10.0. The van der Waals surface area contributed by atoms with Crippen molar-refractivity contribution >= 4 is 5.82 Å². The SMILES string of the molecule is COc1ccc(F)cc1-c1cc(NC2CC2)n[nH]1. The van der Waals surface area contributed by atoms with Crippen LogP contribution < -0.4 is 10.1 Å². The summed E-state index contributed by atoms with van der Waals surface area (Å²) in [5.41, 5.74) is 1.42. The summed E-state index contributed by atoms with van der Waals surface area (Å²) < 4.78 is 18.5. The molecule has 2 N–H and O–H groups in total. The van der Waals surface area contributed by atoms with E-state index >= 15 is 0 Å². The van der Waals surface area contributed by atoms with Gasteiger partial charge < -0.3 is 10.1 Å². The van der Waals surface area contributed by atoms with E-state index in [9.17, 15) is 4.39 Å². The Kier molecular flexibility index (Phi) is 2.66. The van der Waals surface area contributed by atoms with Gasteiger partial charge in [0.05, 0.1) is 12.8 Å². The third-order valence-electron chi connectivity index (χ3n) is 2.96. The normalized spacial score (nSPS) is 14.6. The summed E-state index contributed by atoms with van der Waals surface area (Å²) >= 11 is 0. The molecule has 1 heterocycles. The Morgan fingerprint density at radius 1 is 1.39 bits per heavy atom. The van der Waals surface area contributed by atoms with Crippen LogP contribution in [0.1, 0.15) is 12.8 Å². The molecule has 1 aromatic carbocycles. The van der Waals surface area contributed by atoms with Crippen LogP contribution in [0, 0.1) is 5.82 Å². The van der Waals surface area contributed by atoms with Gasteiger partial charge in [0, 0.05) is 17.7 Å². The van der Waals surface area contributed by atoms with Crippen molar-refractivity contribution in [3.8, 4) is 17.0 Å². The zero-order valence-electron chi connectivity index (χ0n) is 10.0. The number of hydrogen-bond acceptors (Lipinski definition) is 3. The second-order valence-corrected chi connectivity index (χ2v) is 4.43. The van der Waals surface area contributed by atoms with Crippen molar-refractivity contribution in [1.82, 2.24) is 10.2 Å². The first-order valence-corrected chi connectivity index (χ1v) is 5.92. The Morgan fingerprint density at radius 3 is 2.94 bits per heavy atom. The summed E-state index contributed by atoms with van der Waals surface area (Å²) in [6.07, 6.45) is 2.37. The van der Waals surface area contributed by atoms with E-state index in [1.54, 1.807) is 13.2 Å². The number of nitrogens with one attached hydrogen (secondary N) is 2. The number of methoxy groups -OCH3 is 1. The number of halogens is 1. The molecule has 1 aliphatic carbocycles. The lowest BCUT2D eigenvalue weighted by Gasteiger charge is -2.06. The van der Waals surface area contributed by atoms with E-state index in [-0.39, 0.29) is 5.82 Å². The lowest BCUT2D eigenvalue weighted by molar-refractivity contribution is 0.415. The molecule has 0 unspecified atom stereocenters. The van der Waals surface area contributed by atoms with Crippen LogP contribution >= 0.6 is 0 Å². The van der Waals surface area contributed by atoms with Crippen molar-refractivity contribution in [1.29, 1.82) is 0 Å². The van der Waals surface area contributed by atoms with Gasteiger partial charge in [0.15, 0.2) is 0 Å². The number of ether oxygens (including phenoxy) is 1. The van der Waals surface area contributed by atoms with Crippen molar-refractivity contribution in [2.24, 2.45) is 0 Å². The molecular weight excluding hydrogens is 233 g/mol. The van der Waals surface area contributed by atoms with Crippen LogP contribution in [0.25, 0.3) is 11.3 Å². The quantitative estimate of drug-likeness (QED) is 0.873. The molecule has 0 amide bonds. The first-order valence-electron chi connectivity index (χ1n) is 5.92. The molecule has 0 saturated heterocycles. The topological polar surface area (TPSA) is 49.9 Å². The summed E-state index contributed by atoms with van der Waals surface area (Å²) in [6, 6.07) is 6.83. The van der Waals surface area contributed by atoms with Gasteiger partial charge in [0.25, 0.3) is 0 Å². The van der Waals surface area contributed by atoms with Crippen LogP contribution in [0.2, 0.25) is 0 Å². The molecule has 1 aromatic heterocycles. The molecule has 0 aliphatic heterocycles. The number of hydrogen-bond donors (Lipinski definition) is 2. The van der Waals surface area contributed by atoms with E-state index in [2.05, 4.69) is 15.5 Å². The maximum Gasteiger partial charge on any atom is 0.148 e. The molecular formula is C13H14FN3O. The molecule has 94 valence electrons. The van der Waals surface area contributed by atoms with Gasteiger partial charge in [0.2, 0.25) is 0 Å². The van der Waals surface area contributed by atoms with Crippen molar-refractivity contribution in [2.75, 3.05) is 12.4 Å². The minimum absolute atomic E-state index is 0.294. The molecule has 18 heavy (non-hydrogen) atoms. The highest BCUT2D eigenvalue weighted by atomic mass is 19.1. The van der Waals surface area contributed by atoms with Crippen LogP contribution in [0.4, 0.5) is 10.2 Å². The van der Waals surface area contributed by atoms with Crippen molar-refractivity contribution < 1.29 is 9.13 Å². The summed E-state index contributed by atoms with van der Waals surface area (Å²) in [7, 11) is 1.57. The van der Waals surface area contributed by atoms with Gasteiger partial charge in [-0.25, -0.2) is 4.39 Å². The third kappa shape index (κ3) is 2.16. The number of aromatic amines is 1. The zero-order chi connectivity index (χ0) is 12.5. The number of anilines is 1. The van der Waals surface area contributed by atoms with Crippen LogP contribution in [0.5, 0.6) is 5.75 Å². The first kappa shape index (κ1) is 11.1. The van der Waals surface area contributed by atoms with Gasteiger partial charge in [-0.05, 0) is 31.0 Å². The highest BCUT2D eigenvalue weighted by Crippen LogP contribution is 2.31. The molecule has 1 aliphatic rings. The fraction of sp³-hybridized carbons (Fsp3) is 0.308. The van der Waals surface area contributed by atoms with Gasteiger partial charge in [0.1, 0.15) is 17.4 Å². The Labute approximate surface area is 104 Å². The smallest absolute Gasteiger partial charge is 0.148 e. The second-order valence-electron chi connectivity index (χ2n) is 4.43. The lowest BCUT2D eigenvalue weighted by atomic mass is 10.1.